The lowest BCUT2D eigenvalue weighted by Crippen LogP contribution is -2.29. The minimum absolute atomic E-state index is 0.146. The van der Waals surface area contributed by atoms with Crippen LogP contribution in [0.4, 0.5) is 0 Å². The smallest absolute Gasteiger partial charge is 0.311 e. The average molecular weight is 325 g/mol. The average Bonchev–Trinajstić information content (AvgIpc) is 2.34. The molecule has 0 amide bonds. The van der Waals surface area contributed by atoms with Gasteiger partial charge in [-0.2, -0.15) is 8.42 Å². The van der Waals surface area contributed by atoms with Gasteiger partial charge >= 0.3 is 10.1 Å². The van der Waals surface area contributed by atoms with Crippen LogP contribution in [0.1, 0.15) is 19.3 Å². The molecule has 0 radical (unpaired) electrons. The van der Waals surface area contributed by atoms with Crippen molar-refractivity contribution in [3.8, 4) is 5.75 Å². The molecule has 19 heavy (non-hydrogen) atoms. The van der Waals surface area contributed by atoms with E-state index in [1.807, 2.05) is 0 Å². The lowest BCUT2D eigenvalue weighted by molar-refractivity contribution is 0.0298. The topological polar surface area (TPSA) is 52.6 Å². The Balaban J connectivity index is 2.01. The summed E-state index contributed by atoms with van der Waals surface area (Å²) < 4.78 is 34.1. The molecule has 1 unspecified atom stereocenters. The Morgan fingerprint density at radius 1 is 1.26 bits per heavy atom. The van der Waals surface area contributed by atoms with Crippen molar-refractivity contribution in [3.05, 3.63) is 28.2 Å². The first-order valence-electron chi connectivity index (χ1n) is 5.95. The molecule has 0 bridgehead atoms. The summed E-state index contributed by atoms with van der Waals surface area (Å²) >= 11 is 11.6. The second-order valence-electron chi connectivity index (χ2n) is 4.37. The van der Waals surface area contributed by atoms with E-state index >= 15 is 0 Å². The van der Waals surface area contributed by atoms with Crippen LogP contribution in [-0.2, 0) is 14.9 Å². The molecule has 1 aromatic rings. The third-order valence-electron chi connectivity index (χ3n) is 2.78. The van der Waals surface area contributed by atoms with Gasteiger partial charge in [0.2, 0.25) is 0 Å². The summed E-state index contributed by atoms with van der Waals surface area (Å²) in [6.45, 7) is 0.604. The van der Waals surface area contributed by atoms with Crippen LogP contribution in [-0.4, -0.2) is 26.9 Å². The van der Waals surface area contributed by atoms with E-state index < -0.39 is 10.1 Å². The number of hydrogen-bond acceptors (Lipinski definition) is 4. The number of rotatable bonds is 4. The van der Waals surface area contributed by atoms with E-state index in [9.17, 15) is 8.42 Å². The Hall–Kier alpha value is -0.490. The van der Waals surface area contributed by atoms with E-state index in [1.54, 1.807) is 0 Å². The predicted molar refractivity (Wildman–Crippen MR) is 74.5 cm³/mol. The van der Waals surface area contributed by atoms with Gasteiger partial charge in [0.05, 0.1) is 16.1 Å². The third kappa shape index (κ3) is 4.53. The molecule has 0 aliphatic carbocycles. The lowest BCUT2D eigenvalue weighted by Gasteiger charge is -2.22. The van der Waals surface area contributed by atoms with E-state index in [0.29, 0.717) is 11.6 Å². The van der Waals surface area contributed by atoms with Gasteiger partial charge in [-0.3, -0.25) is 0 Å². The first-order chi connectivity index (χ1) is 8.96. The highest BCUT2D eigenvalue weighted by Gasteiger charge is 2.23. The van der Waals surface area contributed by atoms with Gasteiger partial charge in [0.25, 0.3) is 0 Å². The van der Waals surface area contributed by atoms with Crippen molar-refractivity contribution >= 4 is 33.3 Å². The quantitative estimate of drug-likeness (QED) is 0.797. The second kappa shape index (κ2) is 6.31. The van der Waals surface area contributed by atoms with Crippen molar-refractivity contribution in [3.63, 3.8) is 0 Å². The SMILES string of the molecule is O=S(=O)(CC1CCCCO1)Oc1ccc(Cl)c(Cl)c1. The van der Waals surface area contributed by atoms with E-state index in [1.165, 1.54) is 18.2 Å². The third-order valence-corrected chi connectivity index (χ3v) is 4.74. The van der Waals surface area contributed by atoms with Crippen molar-refractivity contribution in [2.45, 2.75) is 25.4 Å². The molecule has 0 saturated carbocycles. The minimum Gasteiger partial charge on any atom is -0.382 e. The van der Waals surface area contributed by atoms with Crippen molar-refractivity contribution < 1.29 is 17.3 Å². The van der Waals surface area contributed by atoms with Crippen LogP contribution in [0, 0.1) is 0 Å². The number of ether oxygens (including phenoxy) is 1. The van der Waals surface area contributed by atoms with Crippen LogP contribution >= 0.6 is 23.2 Å². The highest BCUT2D eigenvalue weighted by molar-refractivity contribution is 7.87. The maximum Gasteiger partial charge on any atom is 0.311 e. The molecule has 1 fully saturated rings. The zero-order chi connectivity index (χ0) is 13.9. The van der Waals surface area contributed by atoms with Gasteiger partial charge in [-0.25, -0.2) is 0 Å². The predicted octanol–water partition coefficient (Wildman–Crippen LogP) is 3.27. The van der Waals surface area contributed by atoms with E-state index in [2.05, 4.69) is 0 Å². The summed E-state index contributed by atoms with van der Waals surface area (Å²) in [5.74, 6) is 0.0120. The van der Waals surface area contributed by atoms with Crippen LogP contribution in [0.2, 0.25) is 10.0 Å². The Bertz CT molecular complexity index is 539. The Morgan fingerprint density at radius 2 is 2.05 bits per heavy atom. The first-order valence-corrected chi connectivity index (χ1v) is 8.28. The van der Waals surface area contributed by atoms with E-state index in [-0.39, 0.29) is 22.6 Å². The number of benzene rings is 1. The molecule has 1 aromatic carbocycles. The highest BCUT2D eigenvalue weighted by atomic mass is 35.5. The van der Waals surface area contributed by atoms with Crippen molar-refractivity contribution in [1.29, 1.82) is 0 Å². The van der Waals surface area contributed by atoms with Crippen LogP contribution in [0.5, 0.6) is 5.75 Å². The minimum atomic E-state index is -3.69. The molecule has 1 atom stereocenters. The van der Waals surface area contributed by atoms with Crippen molar-refractivity contribution in [2.75, 3.05) is 12.4 Å². The van der Waals surface area contributed by atoms with Crippen LogP contribution < -0.4 is 4.18 Å². The number of hydrogen-bond donors (Lipinski definition) is 0. The molecule has 1 heterocycles. The molecule has 0 aromatic heterocycles. The molecule has 7 heteroatoms. The maximum absolute atomic E-state index is 11.9. The Morgan fingerprint density at radius 3 is 2.68 bits per heavy atom. The summed E-state index contributed by atoms with van der Waals surface area (Å²) in [7, 11) is -3.69. The molecular weight excluding hydrogens is 311 g/mol. The fourth-order valence-electron chi connectivity index (χ4n) is 1.88. The van der Waals surface area contributed by atoms with Gasteiger partial charge in [-0.15, -0.1) is 0 Å². The van der Waals surface area contributed by atoms with Crippen LogP contribution in [0.15, 0.2) is 18.2 Å². The summed E-state index contributed by atoms with van der Waals surface area (Å²) in [4.78, 5) is 0. The standard InChI is InChI=1S/C12H14Cl2O4S/c13-11-5-4-9(7-12(11)14)18-19(15,16)8-10-3-1-2-6-17-10/h4-5,7,10H,1-3,6,8H2. The molecule has 0 spiro atoms. The normalized spacial score (nSPS) is 20.2. The van der Waals surface area contributed by atoms with E-state index in [4.69, 9.17) is 32.1 Å². The summed E-state index contributed by atoms with van der Waals surface area (Å²) in [5.41, 5.74) is 0. The van der Waals surface area contributed by atoms with Crippen LogP contribution in [0.3, 0.4) is 0 Å². The van der Waals surface area contributed by atoms with Crippen molar-refractivity contribution in [2.24, 2.45) is 0 Å². The molecular formula is C12H14Cl2O4S. The maximum atomic E-state index is 11.9. The van der Waals surface area contributed by atoms with Gasteiger partial charge in [0.1, 0.15) is 11.5 Å². The fraction of sp³-hybridized carbons (Fsp3) is 0.500. The zero-order valence-electron chi connectivity index (χ0n) is 10.1. The fourth-order valence-corrected chi connectivity index (χ4v) is 3.35. The summed E-state index contributed by atoms with van der Waals surface area (Å²) in [6.07, 6.45) is 2.41. The largest absolute Gasteiger partial charge is 0.382 e. The lowest BCUT2D eigenvalue weighted by atomic mass is 10.1. The van der Waals surface area contributed by atoms with Crippen molar-refractivity contribution in [1.82, 2.24) is 0 Å². The molecule has 1 saturated heterocycles. The zero-order valence-corrected chi connectivity index (χ0v) is 12.5. The molecule has 106 valence electrons. The Labute approximate surface area is 122 Å². The molecule has 2 rings (SSSR count). The van der Waals surface area contributed by atoms with Gasteiger partial charge < -0.3 is 8.92 Å². The van der Waals surface area contributed by atoms with Crippen LogP contribution in [0.25, 0.3) is 0 Å². The second-order valence-corrected chi connectivity index (χ2v) is 6.80. The van der Waals surface area contributed by atoms with Gasteiger partial charge in [0, 0.05) is 12.7 Å². The van der Waals surface area contributed by atoms with E-state index in [0.717, 1.165) is 19.3 Å². The highest BCUT2D eigenvalue weighted by Crippen LogP contribution is 2.27. The molecule has 1 aliphatic rings. The number of halogens is 2. The monoisotopic (exact) mass is 324 g/mol. The van der Waals surface area contributed by atoms with Gasteiger partial charge in [-0.1, -0.05) is 23.2 Å². The molecule has 4 nitrogen and oxygen atoms in total. The Kier molecular flexibility index (Phi) is 4.95. The molecule has 0 N–H and O–H groups in total. The van der Waals surface area contributed by atoms with Gasteiger partial charge in [0.15, 0.2) is 0 Å². The molecule has 1 aliphatic heterocycles. The van der Waals surface area contributed by atoms with Gasteiger partial charge in [-0.05, 0) is 31.4 Å². The first kappa shape index (κ1) is 14.9. The summed E-state index contributed by atoms with van der Waals surface area (Å²) in [5, 5.41) is 0.602. The summed E-state index contributed by atoms with van der Waals surface area (Å²) in [6, 6.07) is 4.34.